The first kappa shape index (κ1) is 41.9. The van der Waals surface area contributed by atoms with Crippen LogP contribution in [-0.2, 0) is 10.8 Å². The number of anilines is 5. The van der Waals surface area contributed by atoms with E-state index in [4.69, 9.17) is 8.83 Å². The highest BCUT2D eigenvalue weighted by atomic mass is 32.1. The lowest BCUT2D eigenvalue weighted by Crippen LogP contribution is -2.35. The Kier molecular flexibility index (Phi) is 9.01. The molecule has 1 N–H and O–H groups in total. The van der Waals surface area contributed by atoms with Gasteiger partial charge in [0.2, 0.25) is 7.28 Å². The van der Waals surface area contributed by atoms with E-state index in [1.807, 2.05) is 11.3 Å². The number of fused-ring (bicyclic) bond motifs is 13. The molecule has 7 heteroatoms. The average Bonchev–Trinajstić information content (AvgIpc) is 4.12. The average molecular weight is 936 g/mol. The Balaban J connectivity index is 1.02. The highest BCUT2D eigenvalue weighted by Crippen LogP contribution is 2.46. The van der Waals surface area contributed by atoms with Crippen LogP contribution in [0.4, 0.5) is 28.4 Å². The van der Waals surface area contributed by atoms with Crippen LogP contribution in [0, 0.1) is 0 Å². The van der Waals surface area contributed by atoms with Crippen molar-refractivity contribution >= 4 is 133 Å². The second-order valence-electron chi connectivity index (χ2n) is 21.4. The van der Waals surface area contributed by atoms with Gasteiger partial charge in [-0.3, -0.25) is 0 Å². The molecule has 5 nitrogen and oxygen atoms in total. The number of para-hydroxylation sites is 3. The van der Waals surface area contributed by atoms with Crippen LogP contribution in [-0.4, -0.2) is 11.8 Å². The molecule has 5 heterocycles. The molecule has 0 amide bonds. The summed E-state index contributed by atoms with van der Waals surface area (Å²) in [5.74, 6) is 0. The Bertz CT molecular complexity index is 4260. The number of hydrogen-bond acceptors (Lipinski definition) is 5. The van der Waals surface area contributed by atoms with Crippen molar-refractivity contribution in [2.45, 2.75) is 52.4 Å². The van der Waals surface area contributed by atoms with Crippen LogP contribution >= 0.6 is 11.3 Å². The summed E-state index contributed by atoms with van der Waals surface area (Å²) in [6, 6.07) is 66.2. The molecule has 13 aromatic rings. The SMILES string of the molecule is CC(C)(C)c1ccc(Nc2cc3c(cc2-c2ccc4c5cc6c(cc5n5c4c2Bc2sc4ccc(C(C)(C)C)cc4c2-5)oc2ccccc26)oc2cc(N(c4ccccc4)c4ccccc4)ccc23)cc1. The number of aromatic nitrogens is 1. The molecular weight excluding hydrogens is 886 g/mol. The molecule has 4 aromatic heterocycles. The van der Waals surface area contributed by atoms with Gasteiger partial charge in [-0.1, -0.05) is 126 Å². The molecule has 0 fully saturated rings. The van der Waals surface area contributed by atoms with Crippen LogP contribution in [0.2, 0.25) is 0 Å². The van der Waals surface area contributed by atoms with Crippen LogP contribution in [0.25, 0.3) is 92.6 Å². The Morgan fingerprint density at radius 2 is 1.11 bits per heavy atom. The van der Waals surface area contributed by atoms with Gasteiger partial charge >= 0.3 is 0 Å². The van der Waals surface area contributed by atoms with Crippen molar-refractivity contribution in [1.82, 2.24) is 4.57 Å². The largest absolute Gasteiger partial charge is 0.456 e. The first-order valence-corrected chi connectivity index (χ1v) is 25.5. The van der Waals surface area contributed by atoms with Crippen molar-refractivity contribution in [3.63, 3.8) is 0 Å². The molecule has 14 rings (SSSR count). The molecule has 1 aliphatic heterocycles. The van der Waals surface area contributed by atoms with E-state index >= 15 is 0 Å². The Hall–Kier alpha value is -8.00. The van der Waals surface area contributed by atoms with Gasteiger partial charge in [-0.05, 0) is 123 Å². The first-order chi connectivity index (χ1) is 34.4. The summed E-state index contributed by atoms with van der Waals surface area (Å²) >= 11 is 1.92. The number of thiophene rings is 1. The fourth-order valence-corrected chi connectivity index (χ4v) is 12.5. The van der Waals surface area contributed by atoms with Gasteiger partial charge in [-0.25, -0.2) is 0 Å². The number of hydrogen-bond donors (Lipinski definition) is 1. The second kappa shape index (κ2) is 15.3. The minimum Gasteiger partial charge on any atom is -0.456 e. The van der Waals surface area contributed by atoms with Crippen molar-refractivity contribution in [1.29, 1.82) is 0 Å². The summed E-state index contributed by atoms with van der Waals surface area (Å²) in [4.78, 5) is 2.29. The maximum absolute atomic E-state index is 7.02. The van der Waals surface area contributed by atoms with Crippen molar-refractivity contribution < 1.29 is 8.83 Å². The summed E-state index contributed by atoms with van der Waals surface area (Å²) < 4.78 is 18.9. The monoisotopic (exact) mass is 935 g/mol. The standard InChI is InChI=1S/C64H50BN3O2S/c1-63(2,3)37-21-24-39(25-22-37)66-52-34-50-44-27-26-42(67(40-15-9-7-10-16-40)41-17-11-8-12-18-41)32-55(44)70-56(50)35-47(52)45-28-29-46-48-33-49-43-19-13-14-20-54(43)69-57(49)36-53(48)68-60(46)59(45)65-62-61(68)51-31-38(64(4,5)6)23-30-58(51)71-62/h7-36,65-66H,1-6H3. The van der Waals surface area contributed by atoms with E-state index in [1.165, 1.54) is 59.0 Å². The minimum absolute atomic E-state index is 0.00771. The lowest BCUT2D eigenvalue weighted by atomic mass is 9.63. The van der Waals surface area contributed by atoms with Crippen molar-refractivity contribution in [3.8, 4) is 16.8 Å². The Morgan fingerprint density at radius 1 is 0.479 bits per heavy atom. The summed E-state index contributed by atoms with van der Waals surface area (Å²) in [5, 5.41) is 12.1. The van der Waals surface area contributed by atoms with Gasteiger partial charge in [0.1, 0.15) is 22.3 Å². The van der Waals surface area contributed by atoms with E-state index in [-0.39, 0.29) is 10.8 Å². The molecular formula is C64H50BN3O2S. The number of rotatable bonds is 6. The molecule has 9 aromatic carbocycles. The fraction of sp³-hybridized carbons (Fsp3) is 0.125. The van der Waals surface area contributed by atoms with Crippen molar-refractivity contribution in [2.24, 2.45) is 0 Å². The minimum atomic E-state index is 0.00771. The molecule has 0 aliphatic carbocycles. The summed E-state index contributed by atoms with van der Waals surface area (Å²) in [6.45, 7) is 13.7. The predicted molar refractivity (Wildman–Crippen MR) is 304 cm³/mol. The third kappa shape index (κ3) is 6.59. The van der Waals surface area contributed by atoms with Crippen molar-refractivity contribution in [3.05, 3.63) is 193 Å². The molecule has 0 spiro atoms. The third-order valence-corrected chi connectivity index (χ3v) is 16.1. The van der Waals surface area contributed by atoms with E-state index in [9.17, 15) is 0 Å². The number of nitrogens with zero attached hydrogens (tertiary/aromatic N) is 2. The molecule has 0 saturated carbocycles. The lowest BCUT2D eigenvalue weighted by molar-refractivity contribution is 0.590. The zero-order chi connectivity index (χ0) is 47.9. The lowest BCUT2D eigenvalue weighted by Gasteiger charge is -2.25. The second-order valence-corrected chi connectivity index (χ2v) is 22.6. The van der Waals surface area contributed by atoms with Crippen molar-refractivity contribution in [2.75, 3.05) is 10.2 Å². The number of furan rings is 2. The third-order valence-electron chi connectivity index (χ3n) is 14.9. The van der Waals surface area contributed by atoms with Gasteiger partial charge in [-0.15, -0.1) is 11.3 Å². The highest BCUT2D eigenvalue weighted by molar-refractivity contribution is 7.29. The molecule has 0 saturated heterocycles. The van der Waals surface area contributed by atoms with Crippen LogP contribution in [0.3, 0.4) is 0 Å². The van der Waals surface area contributed by atoms with Crippen LogP contribution in [0.1, 0.15) is 52.7 Å². The summed E-state index contributed by atoms with van der Waals surface area (Å²) in [6.07, 6.45) is 0. The normalized spacial score (nSPS) is 12.8. The number of nitrogens with one attached hydrogen (secondary N) is 1. The molecule has 71 heavy (non-hydrogen) atoms. The topological polar surface area (TPSA) is 46.5 Å². The van der Waals surface area contributed by atoms with E-state index in [2.05, 4.69) is 238 Å². The predicted octanol–water partition coefficient (Wildman–Crippen LogP) is 17.0. The van der Waals surface area contributed by atoms with Crippen LogP contribution < -0.4 is 20.5 Å². The Labute approximate surface area is 416 Å². The van der Waals surface area contributed by atoms with E-state index in [0.29, 0.717) is 0 Å². The molecule has 1 aliphatic rings. The zero-order valence-corrected chi connectivity index (χ0v) is 41.5. The molecule has 0 radical (unpaired) electrons. The summed E-state index contributed by atoms with van der Waals surface area (Å²) in [7, 11) is 0.803. The maximum Gasteiger partial charge on any atom is 0.211 e. The van der Waals surface area contributed by atoms with Gasteiger partial charge in [0.15, 0.2) is 0 Å². The summed E-state index contributed by atoms with van der Waals surface area (Å²) in [5.41, 5.74) is 18.7. The highest BCUT2D eigenvalue weighted by Gasteiger charge is 2.31. The number of benzene rings is 9. The maximum atomic E-state index is 7.02. The smallest absolute Gasteiger partial charge is 0.211 e. The van der Waals surface area contributed by atoms with Gasteiger partial charge in [0.25, 0.3) is 0 Å². The Morgan fingerprint density at radius 3 is 1.86 bits per heavy atom. The molecule has 0 unspecified atom stereocenters. The molecule has 0 bridgehead atoms. The fourth-order valence-electron chi connectivity index (χ4n) is 11.3. The van der Waals surface area contributed by atoms with Gasteiger partial charge in [0, 0.05) is 94.1 Å². The van der Waals surface area contributed by atoms with Gasteiger partial charge in [-0.2, -0.15) is 0 Å². The van der Waals surface area contributed by atoms with Gasteiger partial charge in [0.05, 0.1) is 11.2 Å². The van der Waals surface area contributed by atoms with Crippen LogP contribution in [0.5, 0.6) is 0 Å². The van der Waals surface area contributed by atoms with E-state index in [0.717, 1.165) is 90.7 Å². The first-order valence-electron chi connectivity index (χ1n) is 24.7. The quantitative estimate of drug-likeness (QED) is 0.169. The zero-order valence-electron chi connectivity index (χ0n) is 40.6. The molecule has 0 atom stereocenters. The van der Waals surface area contributed by atoms with Gasteiger partial charge < -0.3 is 23.6 Å². The van der Waals surface area contributed by atoms with E-state index < -0.39 is 0 Å². The molecule has 342 valence electrons. The van der Waals surface area contributed by atoms with E-state index in [1.54, 1.807) is 0 Å². The van der Waals surface area contributed by atoms with Crippen LogP contribution in [0.15, 0.2) is 191 Å².